The molecule has 0 fully saturated rings. The highest BCUT2D eigenvalue weighted by Crippen LogP contribution is 2.23. The van der Waals surface area contributed by atoms with E-state index in [-0.39, 0.29) is 11.8 Å². The Bertz CT molecular complexity index is 471. The van der Waals surface area contributed by atoms with Gasteiger partial charge < -0.3 is 5.73 Å². The van der Waals surface area contributed by atoms with Crippen molar-refractivity contribution in [3.05, 3.63) is 29.8 Å². The summed E-state index contributed by atoms with van der Waals surface area (Å²) in [7, 11) is -1.57. The van der Waals surface area contributed by atoms with Crippen LogP contribution in [0.4, 0.5) is 5.69 Å². The van der Waals surface area contributed by atoms with Gasteiger partial charge in [-0.15, -0.1) is 0 Å². The Morgan fingerprint density at radius 1 is 1.41 bits per heavy atom. The molecule has 0 aromatic heterocycles. The number of benzene rings is 1. The maximum absolute atomic E-state index is 11.9. The summed E-state index contributed by atoms with van der Waals surface area (Å²) in [6.07, 6.45) is 0.621. The van der Waals surface area contributed by atoms with Crippen LogP contribution in [0.2, 0.25) is 0 Å². The number of hydrogen-bond donors (Lipinski definition) is 1. The minimum absolute atomic E-state index is 0.177. The molecule has 2 N–H and O–H groups in total. The van der Waals surface area contributed by atoms with E-state index < -0.39 is 10.0 Å². The Labute approximate surface area is 103 Å². The summed E-state index contributed by atoms with van der Waals surface area (Å²) in [5.41, 5.74) is 7.25. The van der Waals surface area contributed by atoms with Gasteiger partial charge in [-0.3, -0.25) is 0 Å². The lowest BCUT2D eigenvalue weighted by Crippen LogP contribution is -2.31. The first-order chi connectivity index (χ1) is 7.88. The summed E-state index contributed by atoms with van der Waals surface area (Å²) < 4.78 is 25.3. The summed E-state index contributed by atoms with van der Waals surface area (Å²) in [5, 5.41) is 0. The molecule has 0 saturated heterocycles. The van der Waals surface area contributed by atoms with Crippen molar-refractivity contribution in [3.8, 4) is 0 Å². The summed E-state index contributed by atoms with van der Waals surface area (Å²) in [4.78, 5) is 0. The highest BCUT2D eigenvalue weighted by Gasteiger charge is 2.23. The van der Waals surface area contributed by atoms with E-state index in [1.165, 1.54) is 4.31 Å². The van der Waals surface area contributed by atoms with Crippen molar-refractivity contribution in [3.63, 3.8) is 0 Å². The maximum atomic E-state index is 11.9. The average Bonchev–Trinajstić information content (AvgIpc) is 2.27. The number of nitrogen functional groups attached to an aromatic ring is 1. The van der Waals surface area contributed by atoms with Gasteiger partial charge in [-0.25, -0.2) is 8.42 Å². The van der Waals surface area contributed by atoms with E-state index >= 15 is 0 Å². The highest BCUT2D eigenvalue weighted by atomic mass is 32.2. The molecule has 0 amide bonds. The fourth-order valence-corrected chi connectivity index (χ4v) is 3.08. The van der Waals surface area contributed by atoms with Gasteiger partial charge in [0.2, 0.25) is 10.0 Å². The van der Waals surface area contributed by atoms with Gasteiger partial charge in [0.15, 0.2) is 0 Å². The molecule has 1 aromatic rings. The van der Waals surface area contributed by atoms with Gasteiger partial charge in [0.1, 0.15) is 0 Å². The van der Waals surface area contributed by atoms with E-state index in [4.69, 9.17) is 5.73 Å². The van der Waals surface area contributed by atoms with Gasteiger partial charge in [0, 0.05) is 18.8 Å². The van der Waals surface area contributed by atoms with E-state index in [1.54, 1.807) is 13.1 Å². The van der Waals surface area contributed by atoms with Crippen LogP contribution in [0.3, 0.4) is 0 Å². The predicted molar refractivity (Wildman–Crippen MR) is 71.1 cm³/mol. The average molecular weight is 256 g/mol. The van der Waals surface area contributed by atoms with Crippen molar-refractivity contribution in [1.29, 1.82) is 0 Å². The SMILES string of the molecule is CCCS(=O)(=O)N(C)C(C)c1cccc(N)c1. The fourth-order valence-electron chi connectivity index (χ4n) is 1.67. The van der Waals surface area contributed by atoms with Crippen LogP contribution in [0, 0.1) is 0 Å². The molecule has 0 saturated carbocycles. The molecule has 4 nitrogen and oxygen atoms in total. The van der Waals surface area contributed by atoms with Crippen LogP contribution < -0.4 is 5.73 Å². The molecule has 0 aliphatic heterocycles. The fraction of sp³-hybridized carbons (Fsp3) is 0.500. The molecule has 5 heteroatoms. The zero-order valence-electron chi connectivity index (χ0n) is 10.6. The Morgan fingerprint density at radius 2 is 2.06 bits per heavy atom. The van der Waals surface area contributed by atoms with E-state index in [0.29, 0.717) is 12.1 Å². The van der Waals surface area contributed by atoms with Crippen molar-refractivity contribution in [2.24, 2.45) is 0 Å². The van der Waals surface area contributed by atoms with Gasteiger partial charge in [-0.05, 0) is 31.0 Å². The second-order valence-electron chi connectivity index (χ2n) is 4.18. The minimum atomic E-state index is -3.18. The third kappa shape index (κ3) is 3.44. The molecule has 0 aliphatic rings. The number of rotatable bonds is 5. The van der Waals surface area contributed by atoms with Crippen molar-refractivity contribution < 1.29 is 8.42 Å². The van der Waals surface area contributed by atoms with Gasteiger partial charge in [0.25, 0.3) is 0 Å². The van der Waals surface area contributed by atoms with Crippen LogP contribution in [0.15, 0.2) is 24.3 Å². The molecule has 1 rings (SSSR count). The van der Waals surface area contributed by atoms with E-state index in [1.807, 2.05) is 32.0 Å². The van der Waals surface area contributed by atoms with E-state index in [0.717, 1.165) is 5.56 Å². The van der Waals surface area contributed by atoms with E-state index in [9.17, 15) is 8.42 Å². The highest BCUT2D eigenvalue weighted by molar-refractivity contribution is 7.89. The van der Waals surface area contributed by atoms with Crippen LogP contribution in [0.1, 0.15) is 31.9 Å². The molecule has 1 aromatic carbocycles. The first-order valence-corrected chi connectivity index (χ1v) is 7.30. The normalized spacial score (nSPS) is 13.9. The molecule has 17 heavy (non-hydrogen) atoms. The summed E-state index contributed by atoms with van der Waals surface area (Å²) in [6.45, 7) is 3.72. The predicted octanol–water partition coefficient (Wildman–Crippen LogP) is 2.00. The Morgan fingerprint density at radius 3 is 2.59 bits per heavy atom. The molecular formula is C12H20N2O2S. The number of nitrogens with zero attached hydrogens (tertiary/aromatic N) is 1. The van der Waals surface area contributed by atoms with Crippen molar-refractivity contribution >= 4 is 15.7 Å². The lowest BCUT2D eigenvalue weighted by Gasteiger charge is -2.24. The molecule has 0 spiro atoms. The van der Waals surface area contributed by atoms with Crippen LogP contribution in [-0.2, 0) is 10.0 Å². The standard InChI is InChI=1S/C12H20N2O2S/c1-4-8-17(15,16)14(3)10(2)11-6-5-7-12(13)9-11/h5-7,9-10H,4,8,13H2,1-3H3. The second kappa shape index (κ2) is 5.51. The molecule has 0 heterocycles. The lowest BCUT2D eigenvalue weighted by molar-refractivity contribution is 0.398. The zero-order valence-corrected chi connectivity index (χ0v) is 11.4. The zero-order chi connectivity index (χ0) is 13.1. The van der Waals surface area contributed by atoms with Gasteiger partial charge in [0.05, 0.1) is 5.75 Å². The molecule has 1 unspecified atom stereocenters. The topological polar surface area (TPSA) is 63.4 Å². The first-order valence-electron chi connectivity index (χ1n) is 5.69. The smallest absolute Gasteiger partial charge is 0.214 e. The quantitative estimate of drug-likeness (QED) is 0.820. The molecule has 96 valence electrons. The number of anilines is 1. The summed E-state index contributed by atoms with van der Waals surface area (Å²) >= 11 is 0. The van der Waals surface area contributed by atoms with Gasteiger partial charge >= 0.3 is 0 Å². The third-order valence-corrected chi connectivity index (χ3v) is 4.96. The van der Waals surface area contributed by atoms with Crippen LogP contribution in [-0.4, -0.2) is 25.5 Å². The Hall–Kier alpha value is -1.07. The largest absolute Gasteiger partial charge is 0.399 e. The summed E-state index contributed by atoms with van der Waals surface area (Å²) in [6, 6.07) is 7.12. The number of nitrogens with two attached hydrogens (primary N) is 1. The van der Waals surface area contributed by atoms with Crippen LogP contribution >= 0.6 is 0 Å². The molecule has 0 aliphatic carbocycles. The first kappa shape index (κ1) is 14.0. The summed E-state index contributed by atoms with van der Waals surface area (Å²) in [5.74, 6) is 0.177. The Kier molecular flexibility index (Phi) is 4.54. The minimum Gasteiger partial charge on any atom is -0.399 e. The van der Waals surface area contributed by atoms with Gasteiger partial charge in [-0.2, -0.15) is 4.31 Å². The van der Waals surface area contributed by atoms with E-state index in [2.05, 4.69) is 0 Å². The molecule has 0 radical (unpaired) electrons. The number of sulfonamides is 1. The molecular weight excluding hydrogens is 236 g/mol. The Balaban J connectivity index is 2.94. The molecule has 0 bridgehead atoms. The van der Waals surface area contributed by atoms with Crippen molar-refractivity contribution in [1.82, 2.24) is 4.31 Å². The van der Waals surface area contributed by atoms with Crippen LogP contribution in [0.5, 0.6) is 0 Å². The van der Waals surface area contributed by atoms with Crippen molar-refractivity contribution in [2.45, 2.75) is 26.3 Å². The second-order valence-corrected chi connectivity index (χ2v) is 6.33. The van der Waals surface area contributed by atoms with Crippen molar-refractivity contribution in [2.75, 3.05) is 18.5 Å². The maximum Gasteiger partial charge on any atom is 0.214 e. The molecule has 1 atom stereocenters. The van der Waals surface area contributed by atoms with Gasteiger partial charge in [-0.1, -0.05) is 19.1 Å². The third-order valence-electron chi connectivity index (χ3n) is 2.84. The monoisotopic (exact) mass is 256 g/mol. The lowest BCUT2D eigenvalue weighted by atomic mass is 10.1. The number of hydrogen-bond acceptors (Lipinski definition) is 3. The van der Waals surface area contributed by atoms with Crippen LogP contribution in [0.25, 0.3) is 0 Å².